The molecule has 0 fully saturated rings. The number of ether oxygens (including phenoxy) is 1. The summed E-state index contributed by atoms with van der Waals surface area (Å²) < 4.78 is 28.4. The highest BCUT2D eigenvalue weighted by atomic mass is 32.2. The van der Waals surface area contributed by atoms with E-state index < -0.39 is 9.84 Å². The van der Waals surface area contributed by atoms with Gasteiger partial charge in [0.15, 0.2) is 9.84 Å². The van der Waals surface area contributed by atoms with Crippen LogP contribution in [0.3, 0.4) is 0 Å². The van der Waals surface area contributed by atoms with Crippen LogP contribution in [0, 0.1) is 0 Å². The average Bonchev–Trinajstić information content (AvgIpc) is 2.24. The van der Waals surface area contributed by atoms with Crippen LogP contribution in [0.4, 0.5) is 0 Å². The quantitative estimate of drug-likeness (QED) is 0.856. The van der Waals surface area contributed by atoms with Crippen LogP contribution >= 0.6 is 0 Å². The summed E-state index contributed by atoms with van der Waals surface area (Å²) in [7, 11) is -1.88. The Morgan fingerprint density at radius 1 is 1.44 bits per heavy atom. The molecule has 0 amide bonds. The predicted octanol–water partition coefficient (Wildman–Crippen LogP) is 1.07. The lowest BCUT2D eigenvalue weighted by molar-refractivity contribution is 0.402. The molecule has 16 heavy (non-hydrogen) atoms. The molecule has 0 saturated heterocycles. The molecule has 0 unspecified atom stereocenters. The maximum atomic E-state index is 11.7. The lowest BCUT2D eigenvalue weighted by atomic mass is 10.2. The van der Waals surface area contributed by atoms with Crippen molar-refractivity contribution >= 4 is 15.9 Å². The normalized spacial score (nSPS) is 11.9. The van der Waals surface area contributed by atoms with E-state index in [-0.39, 0.29) is 4.90 Å². The number of benzene rings is 1. The van der Waals surface area contributed by atoms with Gasteiger partial charge in [0, 0.05) is 12.8 Å². The van der Waals surface area contributed by atoms with Crippen molar-refractivity contribution in [3.8, 4) is 5.75 Å². The molecule has 0 atom stereocenters. The number of sulfone groups is 1. The van der Waals surface area contributed by atoms with Gasteiger partial charge in [0.05, 0.1) is 7.11 Å². The molecule has 0 bridgehead atoms. The Morgan fingerprint density at radius 3 is 2.62 bits per heavy atom. The van der Waals surface area contributed by atoms with E-state index in [1.807, 2.05) is 0 Å². The van der Waals surface area contributed by atoms with E-state index in [9.17, 15) is 8.42 Å². The Labute approximate surface area is 95.6 Å². The third-order valence-electron chi connectivity index (χ3n) is 2.03. The van der Waals surface area contributed by atoms with Gasteiger partial charge in [-0.15, -0.1) is 0 Å². The molecule has 0 radical (unpaired) electrons. The van der Waals surface area contributed by atoms with Crippen LogP contribution < -0.4 is 10.5 Å². The predicted molar refractivity (Wildman–Crippen MR) is 64.2 cm³/mol. The van der Waals surface area contributed by atoms with Crippen LogP contribution in [0.25, 0.3) is 6.08 Å². The van der Waals surface area contributed by atoms with Crippen molar-refractivity contribution in [1.29, 1.82) is 0 Å². The second-order valence-electron chi connectivity index (χ2n) is 3.29. The van der Waals surface area contributed by atoms with Crippen LogP contribution in [-0.4, -0.2) is 28.3 Å². The molecule has 5 heteroatoms. The van der Waals surface area contributed by atoms with E-state index in [2.05, 4.69) is 0 Å². The highest BCUT2D eigenvalue weighted by molar-refractivity contribution is 7.90. The molecule has 0 aliphatic carbocycles. The van der Waals surface area contributed by atoms with Crippen LogP contribution in [0.1, 0.15) is 5.56 Å². The standard InChI is InChI=1S/C11H15NO3S/c1-15-10-7-3-5-9(6-4-8-12)11(10)16(2,13)14/h3-7H,8,12H2,1-2H3/b6-4+. The molecule has 0 aromatic heterocycles. The topological polar surface area (TPSA) is 69.4 Å². The summed E-state index contributed by atoms with van der Waals surface area (Å²) >= 11 is 0. The lowest BCUT2D eigenvalue weighted by Gasteiger charge is -2.09. The summed E-state index contributed by atoms with van der Waals surface area (Å²) in [5.74, 6) is 0.349. The first-order valence-corrected chi connectivity index (χ1v) is 6.63. The third-order valence-corrected chi connectivity index (χ3v) is 3.21. The number of rotatable bonds is 4. The Morgan fingerprint density at radius 2 is 2.12 bits per heavy atom. The lowest BCUT2D eigenvalue weighted by Crippen LogP contribution is -2.03. The number of hydrogen-bond acceptors (Lipinski definition) is 4. The molecular weight excluding hydrogens is 226 g/mol. The van der Waals surface area contributed by atoms with E-state index >= 15 is 0 Å². The highest BCUT2D eigenvalue weighted by Gasteiger charge is 2.17. The second-order valence-corrected chi connectivity index (χ2v) is 5.24. The van der Waals surface area contributed by atoms with Crippen molar-refractivity contribution in [3.05, 3.63) is 29.8 Å². The largest absolute Gasteiger partial charge is 0.495 e. The van der Waals surface area contributed by atoms with Crippen LogP contribution in [0.5, 0.6) is 5.75 Å². The molecule has 1 aromatic carbocycles. The van der Waals surface area contributed by atoms with E-state index in [1.165, 1.54) is 7.11 Å². The van der Waals surface area contributed by atoms with Gasteiger partial charge in [-0.3, -0.25) is 0 Å². The molecule has 4 nitrogen and oxygen atoms in total. The SMILES string of the molecule is COc1cccc(/C=C/CN)c1S(C)(=O)=O. The zero-order valence-corrected chi connectivity index (χ0v) is 10.1. The fraction of sp³-hybridized carbons (Fsp3) is 0.273. The van der Waals surface area contributed by atoms with Crippen LogP contribution in [0.2, 0.25) is 0 Å². The molecule has 0 spiro atoms. The molecule has 1 aromatic rings. The van der Waals surface area contributed by atoms with Crippen molar-refractivity contribution < 1.29 is 13.2 Å². The summed E-state index contributed by atoms with van der Waals surface area (Å²) in [6, 6.07) is 5.07. The minimum atomic E-state index is -3.32. The first-order valence-electron chi connectivity index (χ1n) is 4.74. The minimum absolute atomic E-state index is 0.196. The van der Waals surface area contributed by atoms with Gasteiger partial charge in [0.25, 0.3) is 0 Å². The van der Waals surface area contributed by atoms with Gasteiger partial charge in [-0.05, 0) is 11.6 Å². The smallest absolute Gasteiger partial charge is 0.179 e. The summed E-state index contributed by atoms with van der Waals surface area (Å²) in [4.78, 5) is 0.196. The molecule has 0 saturated carbocycles. The second kappa shape index (κ2) is 5.14. The summed E-state index contributed by atoms with van der Waals surface area (Å²) in [6.45, 7) is 0.362. The summed E-state index contributed by atoms with van der Waals surface area (Å²) in [5, 5.41) is 0. The van der Waals surface area contributed by atoms with Gasteiger partial charge in [-0.2, -0.15) is 0 Å². The molecular formula is C11H15NO3S. The van der Waals surface area contributed by atoms with Gasteiger partial charge in [0.2, 0.25) is 0 Å². The van der Waals surface area contributed by atoms with Gasteiger partial charge >= 0.3 is 0 Å². The van der Waals surface area contributed by atoms with Crippen LogP contribution in [0.15, 0.2) is 29.2 Å². The van der Waals surface area contributed by atoms with Crippen molar-refractivity contribution in [2.24, 2.45) is 5.73 Å². The first-order chi connectivity index (χ1) is 7.50. The van der Waals surface area contributed by atoms with Crippen molar-refractivity contribution in [1.82, 2.24) is 0 Å². The van der Waals surface area contributed by atoms with Crippen molar-refractivity contribution in [2.75, 3.05) is 19.9 Å². The van der Waals surface area contributed by atoms with Gasteiger partial charge < -0.3 is 10.5 Å². The Hall–Kier alpha value is -1.33. The fourth-order valence-electron chi connectivity index (χ4n) is 1.42. The zero-order valence-electron chi connectivity index (χ0n) is 9.30. The molecule has 88 valence electrons. The Bertz CT molecular complexity index is 492. The third kappa shape index (κ3) is 2.84. The number of methoxy groups -OCH3 is 1. The van der Waals surface area contributed by atoms with Crippen molar-refractivity contribution in [3.63, 3.8) is 0 Å². The van der Waals surface area contributed by atoms with Gasteiger partial charge in [-0.1, -0.05) is 24.3 Å². The van der Waals surface area contributed by atoms with Gasteiger partial charge in [-0.25, -0.2) is 8.42 Å². The Balaban J connectivity index is 3.44. The highest BCUT2D eigenvalue weighted by Crippen LogP contribution is 2.28. The van der Waals surface area contributed by atoms with Crippen molar-refractivity contribution in [2.45, 2.75) is 4.90 Å². The van der Waals surface area contributed by atoms with Crippen LogP contribution in [-0.2, 0) is 9.84 Å². The van der Waals surface area contributed by atoms with Gasteiger partial charge in [0.1, 0.15) is 10.6 Å². The first kappa shape index (κ1) is 12.7. The monoisotopic (exact) mass is 241 g/mol. The fourth-order valence-corrected chi connectivity index (χ4v) is 2.50. The number of nitrogens with two attached hydrogens (primary N) is 1. The molecule has 2 N–H and O–H groups in total. The molecule has 0 heterocycles. The van der Waals surface area contributed by atoms with E-state index in [0.717, 1.165) is 6.26 Å². The van der Waals surface area contributed by atoms with E-state index in [1.54, 1.807) is 30.4 Å². The zero-order chi connectivity index (χ0) is 12.2. The average molecular weight is 241 g/mol. The summed E-state index contributed by atoms with van der Waals surface area (Å²) in [6.07, 6.45) is 4.53. The minimum Gasteiger partial charge on any atom is -0.495 e. The van der Waals surface area contributed by atoms with E-state index in [0.29, 0.717) is 17.9 Å². The Kier molecular flexibility index (Phi) is 4.09. The number of hydrogen-bond donors (Lipinski definition) is 1. The molecule has 0 aliphatic rings. The molecule has 0 aliphatic heterocycles. The van der Waals surface area contributed by atoms with E-state index in [4.69, 9.17) is 10.5 Å². The maximum absolute atomic E-state index is 11.7. The summed E-state index contributed by atoms with van der Waals surface area (Å²) in [5.41, 5.74) is 5.93. The molecule has 1 rings (SSSR count). The maximum Gasteiger partial charge on any atom is 0.179 e.